The minimum Gasteiger partial charge on any atom is -0.478 e. The van der Waals surface area contributed by atoms with E-state index in [1.54, 1.807) is 64.7 Å². The summed E-state index contributed by atoms with van der Waals surface area (Å²) >= 11 is 0. The third kappa shape index (κ3) is 28.4. The van der Waals surface area contributed by atoms with Gasteiger partial charge in [0.15, 0.2) is 0 Å². The molecular formula is C76H114N28O9S2. The lowest BCUT2D eigenvalue weighted by Gasteiger charge is -2.27. The topological polar surface area (TPSA) is 451 Å². The number of pyridine rings is 6. The molecule has 10 aromatic rings. The molecule has 0 aromatic carbocycles. The van der Waals surface area contributed by atoms with Crippen LogP contribution in [0.25, 0.3) is 45.6 Å². The van der Waals surface area contributed by atoms with Gasteiger partial charge in [-0.15, -0.1) is 40.8 Å². The minimum absolute atomic E-state index is 0.0667. The highest BCUT2D eigenvalue weighted by atomic mass is 32.2. The average molecular weight is 1630 g/mol. The number of ether oxygens (including phenoxy) is 4. The van der Waals surface area contributed by atoms with Crippen LogP contribution in [-0.4, -0.2) is 203 Å². The number of tetrazole rings is 4. The van der Waals surface area contributed by atoms with Crippen LogP contribution in [0.1, 0.15) is 161 Å². The third-order valence-electron chi connectivity index (χ3n) is 18.9. The minimum atomic E-state index is -3.59. The highest BCUT2D eigenvalue weighted by Gasteiger charge is 2.38. The van der Waals surface area contributed by atoms with Gasteiger partial charge in [0, 0.05) is 135 Å². The van der Waals surface area contributed by atoms with E-state index in [0.717, 1.165) is 54.4 Å². The largest absolute Gasteiger partial charge is 0.478 e. The van der Waals surface area contributed by atoms with Gasteiger partial charge in [-0.05, 0) is 158 Å². The first-order valence-electron chi connectivity index (χ1n) is 39.0. The molecule has 115 heavy (non-hydrogen) atoms. The summed E-state index contributed by atoms with van der Waals surface area (Å²) in [6.45, 7) is 37.3. The molecule has 12 rings (SSSR count). The van der Waals surface area contributed by atoms with Crippen LogP contribution in [0.3, 0.4) is 0 Å². The fraction of sp³-hybridized carbons (Fsp3) is 0.553. The molecule has 2 saturated heterocycles. The summed E-state index contributed by atoms with van der Waals surface area (Å²) in [5.41, 5.74) is 16.1. The SMILES string of the molecule is CCCC(C)(C)CCOc1ccc(-c2nnn(CC)n2)cn1.CCCC(C)(C)CCOc1ccc(-c2nnn(CC)n2)cn1.CCn1nnc(-c2ccc(OCCC(C)(C)CCN3CCN(c4ccnc(N)c4)S3(=O)=O)nc2)n1.CCn1nnc(-c2ccc(OCCC(C)(C)CCO)nc2)n1.Nc1cc(N2CCNS2(=O)=O)ccn1. The van der Waals surface area contributed by atoms with Gasteiger partial charge in [-0.1, -0.05) is 82.1 Å². The summed E-state index contributed by atoms with van der Waals surface area (Å²) in [5.74, 6) is 5.23. The fourth-order valence-corrected chi connectivity index (χ4v) is 14.5. The van der Waals surface area contributed by atoms with Crippen molar-refractivity contribution < 1.29 is 40.9 Å². The number of hydrogen-bond acceptors (Lipinski definition) is 29. The lowest BCUT2D eigenvalue weighted by molar-refractivity contribution is 0.170. The highest BCUT2D eigenvalue weighted by molar-refractivity contribution is 7.91. The van der Waals surface area contributed by atoms with Crippen molar-refractivity contribution in [3.8, 4) is 69.1 Å². The van der Waals surface area contributed by atoms with Crippen molar-refractivity contribution in [3.05, 3.63) is 110 Å². The number of aryl methyl sites for hydroxylation is 4. The normalized spacial score (nSPS) is 14.0. The third-order valence-corrected chi connectivity index (χ3v) is 22.4. The number of rotatable bonds is 35. The van der Waals surface area contributed by atoms with Crippen molar-refractivity contribution in [1.29, 1.82) is 0 Å². The van der Waals surface area contributed by atoms with Crippen LogP contribution in [0.15, 0.2) is 110 Å². The van der Waals surface area contributed by atoms with E-state index in [9.17, 15) is 16.8 Å². The molecule has 0 saturated carbocycles. The maximum atomic E-state index is 13.0. The zero-order valence-corrected chi connectivity index (χ0v) is 70.4. The summed E-state index contributed by atoms with van der Waals surface area (Å²) < 4.78 is 78.4. The van der Waals surface area contributed by atoms with Gasteiger partial charge in [0.2, 0.25) is 46.8 Å². The first-order chi connectivity index (χ1) is 54.9. The molecule has 2 aliphatic rings. The zero-order valence-electron chi connectivity index (χ0n) is 68.7. The Hall–Kier alpha value is -10.6. The predicted molar refractivity (Wildman–Crippen MR) is 438 cm³/mol. The summed E-state index contributed by atoms with van der Waals surface area (Å²) in [4.78, 5) is 31.1. The summed E-state index contributed by atoms with van der Waals surface area (Å²) in [6, 6.07) is 21.2. The van der Waals surface area contributed by atoms with Crippen molar-refractivity contribution in [2.75, 3.05) is 85.8 Å². The molecule has 37 nitrogen and oxygen atoms in total. The van der Waals surface area contributed by atoms with Crippen LogP contribution in [0, 0.1) is 21.7 Å². The van der Waals surface area contributed by atoms with Crippen LogP contribution < -0.4 is 43.7 Å². The fourth-order valence-electron chi connectivity index (χ4n) is 11.7. The second-order valence-corrected chi connectivity index (χ2v) is 33.9. The van der Waals surface area contributed by atoms with Gasteiger partial charge in [0.25, 0.3) is 0 Å². The Morgan fingerprint density at radius 1 is 0.417 bits per heavy atom. The molecule has 2 fully saturated rings. The number of anilines is 4. The predicted octanol–water partition coefficient (Wildman–Crippen LogP) is 9.94. The van der Waals surface area contributed by atoms with E-state index >= 15 is 0 Å². The standard InChI is InChI=1S/C22H31N9O3S.2C16H25N5O.C15H23N5O2.C7H10N4O2S/c1-4-31-27-21(26-28-31)17-5-6-20(25-16-17)34-14-9-22(2,3)8-11-29-12-13-30(35(29,32)33)18-7-10-24-19(23)15-18;2*1-5-9-16(3,4)10-11-22-14-8-7-13(12-17-14)15-18-20-21(6-2)19-15;1-4-20-18-14(17-19-20)12-5-6-13(16-11-12)22-10-8-15(2,3)7-9-21;8-7-5-6(1-2-9-7)11-4-3-10-14(11,12)13/h5-7,10,15-16H,4,8-9,11-14H2,1-3H3,(H2,23,24);2*7-8,12H,5-6,9-11H2,1-4H3;5-6,11,21H,4,7-10H2,1-3H3;1-2,5,10H,3-4H2,(H2,8,9). The van der Waals surface area contributed by atoms with Crippen molar-refractivity contribution in [3.63, 3.8) is 0 Å². The van der Waals surface area contributed by atoms with Crippen LogP contribution in [0.2, 0.25) is 0 Å². The molecule has 12 heterocycles. The number of nitrogens with two attached hydrogens (primary N) is 2. The number of aliphatic hydroxyl groups is 1. The van der Waals surface area contributed by atoms with E-state index in [0.29, 0.717) is 172 Å². The van der Waals surface area contributed by atoms with Gasteiger partial charge in [-0.25, -0.2) is 29.9 Å². The highest BCUT2D eigenvalue weighted by Crippen LogP contribution is 2.33. The van der Waals surface area contributed by atoms with Gasteiger partial charge in [0.1, 0.15) is 11.6 Å². The van der Waals surface area contributed by atoms with E-state index in [1.165, 1.54) is 66.7 Å². The van der Waals surface area contributed by atoms with Crippen LogP contribution in [-0.2, 0) is 46.6 Å². The Balaban J connectivity index is 0.000000185. The van der Waals surface area contributed by atoms with Crippen molar-refractivity contribution in [2.24, 2.45) is 21.7 Å². The Kier molecular flexibility index (Phi) is 33.3. The van der Waals surface area contributed by atoms with Crippen LogP contribution in [0.5, 0.6) is 23.5 Å². The molecule has 0 radical (unpaired) electrons. The Morgan fingerprint density at radius 3 is 1.03 bits per heavy atom. The molecule has 0 bridgehead atoms. The number of nitrogens with zero attached hydrogens (tertiary/aromatic N) is 25. The van der Waals surface area contributed by atoms with E-state index < -0.39 is 20.4 Å². The van der Waals surface area contributed by atoms with Gasteiger partial charge < -0.3 is 35.5 Å². The van der Waals surface area contributed by atoms with E-state index in [-0.39, 0.29) is 17.4 Å². The molecule has 0 atom stereocenters. The van der Waals surface area contributed by atoms with Gasteiger partial charge >= 0.3 is 20.4 Å². The Bertz CT molecular complexity index is 4520. The molecule has 39 heteroatoms. The maximum Gasteiger partial charge on any atom is 0.304 e. The van der Waals surface area contributed by atoms with Gasteiger partial charge in [-0.3, -0.25) is 8.61 Å². The van der Waals surface area contributed by atoms with E-state index in [4.69, 9.17) is 35.5 Å². The monoisotopic (exact) mass is 1630 g/mol. The van der Waals surface area contributed by atoms with Gasteiger partial charge in [-0.2, -0.15) is 45.0 Å². The number of nitrogen functional groups attached to an aromatic ring is 2. The Labute approximate surface area is 674 Å². The number of aliphatic hydroxyl groups excluding tert-OH is 1. The summed E-state index contributed by atoms with van der Waals surface area (Å²) in [7, 11) is -6.94. The quantitative estimate of drug-likeness (QED) is 0.0287. The van der Waals surface area contributed by atoms with Crippen LogP contribution in [0.4, 0.5) is 23.0 Å². The second-order valence-electron chi connectivity index (χ2n) is 30.3. The molecule has 0 aliphatic carbocycles. The molecule has 0 amide bonds. The number of hydrogen-bond donors (Lipinski definition) is 4. The maximum absolute atomic E-state index is 13.0. The summed E-state index contributed by atoms with van der Waals surface area (Å²) in [6.07, 6.45) is 19.8. The first-order valence-corrected chi connectivity index (χ1v) is 41.8. The zero-order chi connectivity index (χ0) is 83.2. The summed E-state index contributed by atoms with van der Waals surface area (Å²) in [5, 5.41) is 57.8. The van der Waals surface area contributed by atoms with Crippen molar-refractivity contribution >= 4 is 43.4 Å². The Morgan fingerprint density at radius 2 is 0.748 bits per heavy atom. The van der Waals surface area contributed by atoms with Crippen molar-refractivity contribution in [1.82, 2.24) is 120 Å². The lowest BCUT2D eigenvalue weighted by Crippen LogP contribution is -2.35. The van der Waals surface area contributed by atoms with Crippen LogP contribution >= 0.6 is 0 Å². The number of aromatic nitrogens is 22. The molecule has 10 aromatic heterocycles. The lowest BCUT2D eigenvalue weighted by atomic mass is 9.85. The first kappa shape index (κ1) is 89.9. The molecule has 0 spiro atoms. The second kappa shape index (κ2) is 42.6. The molecule has 624 valence electrons. The molecule has 2 aliphatic heterocycles. The van der Waals surface area contributed by atoms with E-state index in [2.05, 4.69) is 166 Å². The van der Waals surface area contributed by atoms with Crippen molar-refractivity contribution in [2.45, 2.75) is 187 Å². The van der Waals surface area contributed by atoms with E-state index in [1.807, 2.05) is 64.1 Å². The molecule has 6 N–H and O–H groups in total. The molecular weight excluding hydrogens is 1510 g/mol. The van der Waals surface area contributed by atoms with Gasteiger partial charge in [0.05, 0.1) is 64.0 Å². The smallest absolute Gasteiger partial charge is 0.304 e. The average Bonchev–Trinajstić information content (AvgIpc) is 1.65. The molecule has 0 unspecified atom stereocenters. The number of nitrogens with one attached hydrogen (secondary N) is 1.